The smallest absolute Gasteiger partial charge is 0.320 e. The minimum absolute atomic E-state index is 0.158. The Balaban J connectivity index is 1.92. The summed E-state index contributed by atoms with van der Waals surface area (Å²) in [5.74, 6) is -2.73. The summed E-state index contributed by atoms with van der Waals surface area (Å²) in [6.45, 7) is 0. The number of esters is 2. The van der Waals surface area contributed by atoms with E-state index in [2.05, 4.69) is 4.98 Å². The standard InChI is InChI=1S/C21H20FNO4S/c1-26-20(24)16(21(25)27-2)12-18(13-7-9-15(22)10-8-13)28-19-11-14-5-3-4-6-17(14)23-19/h3-11,16,18,23H,12H2,1-2H3. The molecular weight excluding hydrogens is 381 g/mol. The molecule has 0 aliphatic rings. The molecule has 0 aliphatic carbocycles. The highest BCUT2D eigenvalue weighted by Crippen LogP contribution is 2.41. The predicted molar refractivity (Wildman–Crippen MR) is 105 cm³/mol. The van der Waals surface area contributed by atoms with E-state index in [1.54, 1.807) is 12.1 Å². The van der Waals surface area contributed by atoms with E-state index in [4.69, 9.17) is 9.47 Å². The number of ether oxygens (including phenoxy) is 2. The normalized spacial score (nSPS) is 12.1. The molecule has 1 aromatic heterocycles. The zero-order valence-corrected chi connectivity index (χ0v) is 16.3. The third kappa shape index (κ3) is 4.54. The van der Waals surface area contributed by atoms with Gasteiger partial charge in [0, 0.05) is 16.2 Å². The first-order chi connectivity index (χ1) is 13.5. The number of carbonyl (C=O) groups is 2. The van der Waals surface area contributed by atoms with Crippen LogP contribution in [0.15, 0.2) is 59.6 Å². The van der Waals surface area contributed by atoms with Crippen molar-refractivity contribution in [2.45, 2.75) is 16.7 Å². The fourth-order valence-electron chi connectivity index (χ4n) is 2.98. The molecule has 2 aromatic carbocycles. The number of H-pyrrole nitrogens is 1. The van der Waals surface area contributed by atoms with Crippen LogP contribution < -0.4 is 0 Å². The van der Waals surface area contributed by atoms with Crippen molar-refractivity contribution in [3.05, 3.63) is 66.0 Å². The number of hydrogen-bond acceptors (Lipinski definition) is 5. The number of benzene rings is 2. The molecule has 3 aromatic rings. The third-order valence-corrected chi connectivity index (χ3v) is 5.66. The van der Waals surface area contributed by atoms with Crippen LogP contribution in [-0.2, 0) is 19.1 Å². The lowest BCUT2D eigenvalue weighted by Gasteiger charge is -2.20. The van der Waals surface area contributed by atoms with Gasteiger partial charge < -0.3 is 14.5 Å². The van der Waals surface area contributed by atoms with Crippen molar-refractivity contribution in [2.75, 3.05) is 14.2 Å². The van der Waals surface area contributed by atoms with Crippen molar-refractivity contribution in [1.82, 2.24) is 4.98 Å². The predicted octanol–water partition coefficient (Wildman–Crippen LogP) is 4.49. The maximum atomic E-state index is 13.4. The summed E-state index contributed by atoms with van der Waals surface area (Å²) in [5.41, 5.74) is 1.78. The summed E-state index contributed by atoms with van der Waals surface area (Å²) in [6.07, 6.45) is 0.158. The van der Waals surface area contributed by atoms with Crippen LogP contribution in [0.2, 0.25) is 0 Å². The van der Waals surface area contributed by atoms with Gasteiger partial charge in [0.2, 0.25) is 0 Å². The Kier molecular flexibility index (Phi) is 6.36. The second kappa shape index (κ2) is 8.93. The van der Waals surface area contributed by atoms with Crippen LogP contribution in [0.1, 0.15) is 17.2 Å². The molecule has 7 heteroatoms. The van der Waals surface area contributed by atoms with Crippen LogP contribution in [0.4, 0.5) is 4.39 Å². The summed E-state index contributed by atoms with van der Waals surface area (Å²) < 4.78 is 22.9. The largest absolute Gasteiger partial charge is 0.468 e. The Morgan fingerprint density at radius 1 is 1.04 bits per heavy atom. The van der Waals surface area contributed by atoms with Gasteiger partial charge in [-0.2, -0.15) is 0 Å². The number of nitrogens with one attached hydrogen (secondary N) is 1. The van der Waals surface area contributed by atoms with Gasteiger partial charge in [-0.3, -0.25) is 9.59 Å². The van der Waals surface area contributed by atoms with Crippen molar-refractivity contribution < 1.29 is 23.5 Å². The Morgan fingerprint density at radius 2 is 1.68 bits per heavy atom. The van der Waals surface area contributed by atoms with Crippen LogP contribution in [0.5, 0.6) is 0 Å². The van der Waals surface area contributed by atoms with E-state index in [0.717, 1.165) is 21.5 Å². The first kappa shape index (κ1) is 19.9. The number of para-hydroxylation sites is 1. The second-order valence-electron chi connectivity index (χ2n) is 6.21. The maximum Gasteiger partial charge on any atom is 0.320 e. The molecule has 0 spiro atoms. The topological polar surface area (TPSA) is 68.4 Å². The van der Waals surface area contributed by atoms with Gasteiger partial charge in [-0.05, 0) is 36.2 Å². The Hall–Kier alpha value is -2.80. The molecule has 1 N–H and O–H groups in total. The van der Waals surface area contributed by atoms with E-state index in [-0.39, 0.29) is 17.5 Å². The lowest BCUT2D eigenvalue weighted by atomic mass is 9.99. The molecule has 0 amide bonds. The van der Waals surface area contributed by atoms with Crippen LogP contribution >= 0.6 is 11.8 Å². The zero-order valence-electron chi connectivity index (χ0n) is 15.5. The summed E-state index contributed by atoms with van der Waals surface area (Å²) in [4.78, 5) is 27.6. The SMILES string of the molecule is COC(=O)C(CC(Sc1cc2ccccc2[nH]1)c1ccc(F)cc1)C(=O)OC. The molecule has 1 heterocycles. The Labute approximate surface area is 166 Å². The number of thioether (sulfide) groups is 1. The number of halogens is 1. The third-order valence-electron chi connectivity index (χ3n) is 4.44. The Bertz CT molecular complexity index is 921. The molecule has 28 heavy (non-hydrogen) atoms. The number of carbonyl (C=O) groups excluding carboxylic acids is 2. The number of aromatic amines is 1. The summed E-state index contributed by atoms with van der Waals surface area (Å²) >= 11 is 1.46. The summed E-state index contributed by atoms with van der Waals surface area (Å²) in [5, 5.41) is 1.64. The fraction of sp³-hybridized carbons (Fsp3) is 0.238. The van der Waals surface area contributed by atoms with Gasteiger partial charge in [0.1, 0.15) is 5.82 Å². The van der Waals surface area contributed by atoms with E-state index >= 15 is 0 Å². The quantitative estimate of drug-likeness (QED) is 0.359. The molecule has 0 fully saturated rings. The number of aromatic nitrogens is 1. The lowest BCUT2D eigenvalue weighted by molar-refractivity contribution is -0.159. The van der Waals surface area contributed by atoms with Gasteiger partial charge in [-0.25, -0.2) is 4.39 Å². The van der Waals surface area contributed by atoms with Crippen molar-refractivity contribution in [2.24, 2.45) is 5.92 Å². The first-order valence-corrected chi connectivity index (χ1v) is 9.55. The average Bonchev–Trinajstić information content (AvgIpc) is 3.13. The van der Waals surface area contributed by atoms with Crippen LogP contribution in [0.3, 0.4) is 0 Å². The van der Waals surface area contributed by atoms with Gasteiger partial charge in [0.25, 0.3) is 0 Å². The van der Waals surface area contributed by atoms with Gasteiger partial charge >= 0.3 is 11.9 Å². The van der Waals surface area contributed by atoms with Gasteiger partial charge in [-0.15, -0.1) is 11.8 Å². The van der Waals surface area contributed by atoms with Crippen molar-refractivity contribution in [3.63, 3.8) is 0 Å². The van der Waals surface area contributed by atoms with Gasteiger partial charge in [-0.1, -0.05) is 30.3 Å². The van der Waals surface area contributed by atoms with Gasteiger partial charge in [0.05, 0.1) is 19.2 Å². The molecule has 0 saturated carbocycles. The highest BCUT2D eigenvalue weighted by atomic mass is 32.2. The molecule has 3 rings (SSSR count). The number of hydrogen-bond donors (Lipinski definition) is 1. The molecule has 5 nitrogen and oxygen atoms in total. The van der Waals surface area contributed by atoms with Crippen LogP contribution in [-0.4, -0.2) is 31.1 Å². The fourth-order valence-corrected chi connectivity index (χ4v) is 4.23. The van der Waals surface area contributed by atoms with E-state index in [0.29, 0.717) is 0 Å². The molecule has 0 radical (unpaired) electrons. The zero-order chi connectivity index (χ0) is 20.1. The highest BCUT2D eigenvalue weighted by Gasteiger charge is 2.33. The number of rotatable bonds is 7. The van der Waals surface area contributed by atoms with E-state index in [9.17, 15) is 14.0 Å². The molecule has 0 aliphatic heterocycles. The second-order valence-corrected chi connectivity index (χ2v) is 7.46. The van der Waals surface area contributed by atoms with Crippen molar-refractivity contribution in [3.8, 4) is 0 Å². The van der Waals surface area contributed by atoms with Crippen molar-refractivity contribution >= 4 is 34.6 Å². The molecule has 1 atom stereocenters. The van der Waals surface area contributed by atoms with E-state index < -0.39 is 17.9 Å². The molecule has 0 saturated heterocycles. The average molecular weight is 401 g/mol. The van der Waals surface area contributed by atoms with Crippen molar-refractivity contribution in [1.29, 1.82) is 0 Å². The van der Waals surface area contributed by atoms with E-state index in [1.165, 1.54) is 38.1 Å². The van der Waals surface area contributed by atoms with Gasteiger partial charge in [0.15, 0.2) is 5.92 Å². The van der Waals surface area contributed by atoms with E-state index in [1.807, 2.05) is 30.3 Å². The monoisotopic (exact) mass is 401 g/mol. The van der Waals surface area contributed by atoms with Crippen LogP contribution in [0.25, 0.3) is 10.9 Å². The minimum atomic E-state index is -1.07. The molecule has 146 valence electrons. The van der Waals surface area contributed by atoms with Crippen LogP contribution in [0, 0.1) is 11.7 Å². The first-order valence-electron chi connectivity index (χ1n) is 8.67. The molecule has 0 bridgehead atoms. The maximum absolute atomic E-state index is 13.4. The number of fused-ring (bicyclic) bond motifs is 1. The molecule has 1 unspecified atom stereocenters. The summed E-state index contributed by atoms with van der Waals surface area (Å²) in [6, 6.07) is 15.9. The lowest BCUT2D eigenvalue weighted by Crippen LogP contribution is -2.27. The highest BCUT2D eigenvalue weighted by molar-refractivity contribution is 7.99. The minimum Gasteiger partial charge on any atom is -0.468 e. The Morgan fingerprint density at radius 3 is 2.29 bits per heavy atom. The number of methoxy groups -OCH3 is 2. The summed E-state index contributed by atoms with van der Waals surface area (Å²) in [7, 11) is 2.46. The molecular formula is C21H20FNO4S.